The lowest BCUT2D eigenvalue weighted by Crippen LogP contribution is -1.02. The molecule has 0 rings (SSSR count). The van der Waals surface area contributed by atoms with E-state index in [4.69, 9.17) is 4.91 Å². The Morgan fingerprint density at radius 2 is 2.25 bits per heavy atom. The molecule has 0 bridgehead atoms. The second-order valence-electron chi connectivity index (χ2n) is 0.220. The highest BCUT2D eigenvalue weighted by atomic mass is 32.0. The zero-order chi connectivity index (χ0) is 3.41. The Morgan fingerprint density at radius 3 is 2.25 bits per heavy atom. The molecule has 0 radical (unpaired) electrons. The Hall–Kier alpha value is 0.460. The lowest BCUT2D eigenvalue weighted by Gasteiger charge is -1.52. The molecule has 0 N–H and O–H groups in total. The molecule has 0 fully saturated rings. The van der Waals surface area contributed by atoms with Crippen molar-refractivity contribution >= 4 is 17.3 Å². The molecule has 0 aliphatic heterocycles. The van der Waals surface area contributed by atoms with E-state index in [9.17, 15) is 0 Å². The van der Waals surface area contributed by atoms with E-state index in [2.05, 4.69) is 13.9 Å². The molecular formula is H3NOP2. The van der Waals surface area contributed by atoms with Crippen LogP contribution in [0.1, 0.15) is 0 Å². The van der Waals surface area contributed by atoms with Crippen molar-refractivity contribution in [2.24, 2.45) is 4.95 Å². The van der Waals surface area contributed by atoms with E-state index < -0.39 is 0 Å². The topological polar surface area (TPSA) is 29.4 Å². The summed E-state index contributed by atoms with van der Waals surface area (Å²) < 4.78 is 0. The minimum atomic E-state index is 0.127. The minimum absolute atomic E-state index is 0.127. The highest BCUT2D eigenvalue weighted by molar-refractivity contribution is 8.02. The maximum atomic E-state index is 8.92. The second-order valence-corrected chi connectivity index (χ2v) is 1.44. The fourth-order valence-corrected chi connectivity index (χ4v) is 0. The van der Waals surface area contributed by atoms with Gasteiger partial charge >= 0.3 is 0 Å². The van der Waals surface area contributed by atoms with Gasteiger partial charge in [0, 0.05) is 0 Å². The summed E-state index contributed by atoms with van der Waals surface area (Å²) in [6, 6.07) is 0. The van der Waals surface area contributed by atoms with E-state index in [0.717, 1.165) is 0 Å². The molecule has 4 heteroatoms. The Kier molecular flexibility index (Phi) is 3.86. The zero-order valence-corrected chi connectivity index (χ0v) is 4.09. The molecule has 2 unspecified atom stereocenters. The lowest BCUT2D eigenvalue weighted by molar-refractivity contribution is 1.88. The van der Waals surface area contributed by atoms with Crippen molar-refractivity contribution in [1.29, 1.82) is 0 Å². The van der Waals surface area contributed by atoms with Gasteiger partial charge in [0.15, 0.2) is 0 Å². The van der Waals surface area contributed by atoms with Gasteiger partial charge in [-0.05, 0) is 4.95 Å². The molecule has 0 spiro atoms. The minimum Gasteiger partial charge on any atom is -0.147 e. The van der Waals surface area contributed by atoms with Crippen LogP contribution in [0.15, 0.2) is 4.95 Å². The average molecular weight is 95.0 g/mol. The maximum Gasteiger partial charge on any atom is 0.0680 e. The van der Waals surface area contributed by atoms with Crippen LogP contribution in [0.5, 0.6) is 0 Å². The van der Waals surface area contributed by atoms with Crippen LogP contribution in [0.4, 0.5) is 0 Å². The van der Waals surface area contributed by atoms with E-state index >= 15 is 0 Å². The Morgan fingerprint density at radius 1 is 2.00 bits per heavy atom. The van der Waals surface area contributed by atoms with Gasteiger partial charge in [0.1, 0.15) is 0 Å². The summed E-state index contributed by atoms with van der Waals surface area (Å²) in [6.07, 6.45) is 0. The number of hydrogen-bond donors (Lipinski definition) is 0. The van der Waals surface area contributed by atoms with E-state index in [1.807, 2.05) is 0 Å². The summed E-state index contributed by atoms with van der Waals surface area (Å²) in [4.78, 5) is 11.4. The molecule has 0 saturated carbocycles. The molecule has 4 heavy (non-hydrogen) atoms. The molecule has 24 valence electrons. The van der Waals surface area contributed by atoms with Gasteiger partial charge in [-0.1, -0.05) is 8.93 Å². The molecule has 2 nitrogen and oxygen atoms in total. The van der Waals surface area contributed by atoms with E-state index in [-0.39, 0.29) is 8.42 Å². The van der Waals surface area contributed by atoms with Crippen LogP contribution in [-0.4, -0.2) is 0 Å². The smallest absolute Gasteiger partial charge is 0.0680 e. The van der Waals surface area contributed by atoms with Crippen LogP contribution >= 0.6 is 17.3 Å². The second kappa shape index (κ2) is 3.46. The van der Waals surface area contributed by atoms with E-state index in [1.165, 1.54) is 0 Å². The molecule has 0 aromatic heterocycles. The summed E-state index contributed by atoms with van der Waals surface area (Å²) >= 11 is 0. The third-order valence-corrected chi connectivity index (χ3v) is 0.474. The van der Waals surface area contributed by atoms with Crippen molar-refractivity contribution in [3.63, 3.8) is 0 Å². The van der Waals surface area contributed by atoms with Crippen LogP contribution in [0.2, 0.25) is 0 Å². The van der Waals surface area contributed by atoms with Gasteiger partial charge < -0.3 is 0 Å². The number of nitrogens with zero attached hydrogens (tertiary/aromatic N) is 1. The Bertz CT molecular complexity index is 20.0. The summed E-state index contributed by atoms with van der Waals surface area (Å²) in [5.41, 5.74) is 0. The Labute approximate surface area is 28.3 Å². The van der Waals surface area contributed by atoms with Crippen LogP contribution < -0.4 is 0 Å². The summed E-state index contributed by atoms with van der Waals surface area (Å²) in [6.45, 7) is 0. The van der Waals surface area contributed by atoms with Crippen molar-refractivity contribution < 1.29 is 0 Å². The van der Waals surface area contributed by atoms with E-state index in [1.54, 1.807) is 0 Å². The maximum absolute atomic E-state index is 8.92. The third kappa shape index (κ3) is 2.46. The third-order valence-electron chi connectivity index (χ3n) is 0.0527. The fraction of sp³-hybridized carbons (Fsp3) is 0. The molecule has 0 aromatic rings. The molecule has 0 aliphatic carbocycles. The van der Waals surface area contributed by atoms with Gasteiger partial charge in [0.2, 0.25) is 0 Å². The highest BCUT2D eigenvalue weighted by Crippen LogP contribution is 2.18. The summed E-state index contributed by atoms with van der Waals surface area (Å²) in [5.74, 6) is 0. The average Bonchev–Trinajstić information content (AvgIpc) is 1.37. The van der Waals surface area contributed by atoms with Crippen LogP contribution in [0.3, 0.4) is 0 Å². The van der Waals surface area contributed by atoms with Crippen molar-refractivity contribution in [2.75, 3.05) is 0 Å². The number of rotatable bonds is 1. The summed E-state index contributed by atoms with van der Waals surface area (Å²) in [5, 5.41) is 0. The van der Waals surface area contributed by atoms with Gasteiger partial charge in [0.25, 0.3) is 0 Å². The highest BCUT2D eigenvalue weighted by Gasteiger charge is 1.50. The van der Waals surface area contributed by atoms with Crippen molar-refractivity contribution in [1.82, 2.24) is 0 Å². The first kappa shape index (κ1) is 4.46. The Balaban J connectivity index is 2.30. The van der Waals surface area contributed by atoms with Gasteiger partial charge in [-0.15, -0.1) is 4.91 Å². The molecular weight excluding hydrogens is 92.0 g/mol. The predicted octanol–water partition coefficient (Wildman–Crippen LogP) is 1.14. The fourth-order valence-electron chi connectivity index (χ4n) is 0. The molecule has 2 atom stereocenters. The van der Waals surface area contributed by atoms with Gasteiger partial charge in [-0.25, -0.2) is 0 Å². The van der Waals surface area contributed by atoms with Gasteiger partial charge in [0.05, 0.1) is 8.42 Å². The molecule has 0 amide bonds. The van der Waals surface area contributed by atoms with Crippen molar-refractivity contribution in [3.05, 3.63) is 4.91 Å². The molecule has 0 saturated heterocycles. The largest absolute Gasteiger partial charge is 0.147 e. The van der Waals surface area contributed by atoms with Gasteiger partial charge in [-0.2, -0.15) is 0 Å². The number of hydrogen-bond acceptors (Lipinski definition) is 2. The first-order valence-electron chi connectivity index (χ1n) is 0.695. The van der Waals surface area contributed by atoms with Gasteiger partial charge in [-0.3, -0.25) is 0 Å². The number of nitroso groups, excluding NO2 is 1. The van der Waals surface area contributed by atoms with Crippen molar-refractivity contribution in [3.8, 4) is 0 Å². The van der Waals surface area contributed by atoms with Crippen LogP contribution in [0, 0.1) is 4.91 Å². The monoisotopic (exact) mass is 95.0 g/mol. The molecule has 0 heterocycles. The van der Waals surface area contributed by atoms with E-state index in [0.29, 0.717) is 0 Å². The first-order valence-corrected chi connectivity index (χ1v) is 3.45. The lowest BCUT2D eigenvalue weighted by atomic mass is 13.7. The first-order chi connectivity index (χ1) is 1.91. The standard InChI is InChI=1S/H3NOP2/c2-1-4-3/h4H,3H2. The molecule has 0 aromatic carbocycles. The van der Waals surface area contributed by atoms with Crippen LogP contribution in [0.25, 0.3) is 0 Å². The predicted molar refractivity (Wildman–Crippen MR) is 23.8 cm³/mol. The van der Waals surface area contributed by atoms with Crippen LogP contribution in [-0.2, 0) is 0 Å². The summed E-state index contributed by atoms with van der Waals surface area (Å²) in [7, 11) is 2.33. The quantitative estimate of drug-likeness (QED) is 0.354. The SMILES string of the molecule is O=NPP. The molecule has 0 aliphatic rings. The zero-order valence-electron chi connectivity index (χ0n) is 1.93. The normalized spacial score (nSPS) is 9.25. The van der Waals surface area contributed by atoms with Crippen molar-refractivity contribution in [2.45, 2.75) is 0 Å².